The minimum absolute atomic E-state index is 0.360. The summed E-state index contributed by atoms with van der Waals surface area (Å²) in [4.78, 5) is 2.37. The summed E-state index contributed by atoms with van der Waals surface area (Å²) in [5.74, 6) is 0. The summed E-state index contributed by atoms with van der Waals surface area (Å²) < 4.78 is 0. The summed E-state index contributed by atoms with van der Waals surface area (Å²) in [7, 11) is 0. The minimum atomic E-state index is 0.360. The van der Waals surface area contributed by atoms with Crippen molar-refractivity contribution >= 4 is 11.4 Å². The average Bonchev–Trinajstić information content (AvgIpc) is 2.55. The van der Waals surface area contributed by atoms with Crippen LogP contribution in [0, 0.1) is 0 Å². The van der Waals surface area contributed by atoms with E-state index in [-0.39, 0.29) is 0 Å². The van der Waals surface area contributed by atoms with Gasteiger partial charge < -0.3 is 10.2 Å². The van der Waals surface area contributed by atoms with E-state index in [1.54, 1.807) is 0 Å². The van der Waals surface area contributed by atoms with Gasteiger partial charge in [-0.2, -0.15) is 0 Å². The summed E-state index contributed by atoms with van der Waals surface area (Å²) in [5, 5.41) is 3.59. The van der Waals surface area contributed by atoms with Gasteiger partial charge in [0.1, 0.15) is 0 Å². The largest absolute Gasteiger partial charge is 0.341 e. The Morgan fingerprint density at radius 3 is 2.29 bits per heavy atom. The van der Waals surface area contributed by atoms with Gasteiger partial charge in [-0.05, 0) is 50.6 Å². The summed E-state index contributed by atoms with van der Waals surface area (Å²) in [6.45, 7) is 8.66. The van der Waals surface area contributed by atoms with Gasteiger partial charge in [0.2, 0.25) is 0 Å². The highest BCUT2D eigenvalue weighted by Gasteiger charge is 2.15. The Hall–Kier alpha value is -1.80. The van der Waals surface area contributed by atoms with E-state index < -0.39 is 0 Å². The molecule has 0 saturated heterocycles. The number of nitrogens with zero attached hydrogens (tertiary/aromatic N) is 1. The first-order valence-corrected chi connectivity index (χ1v) is 7.92. The quantitative estimate of drug-likeness (QED) is 0.776. The van der Waals surface area contributed by atoms with Crippen molar-refractivity contribution in [1.29, 1.82) is 0 Å². The van der Waals surface area contributed by atoms with Crippen LogP contribution in [-0.4, -0.2) is 13.1 Å². The summed E-state index contributed by atoms with van der Waals surface area (Å²) in [5.41, 5.74) is 3.90. The maximum atomic E-state index is 3.59. The molecule has 0 fully saturated rings. The first-order chi connectivity index (χ1) is 10.3. The van der Waals surface area contributed by atoms with Crippen LogP contribution in [0.5, 0.6) is 0 Å². The Balaban J connectivity index is 2.33. The highest BCUT2D eigenvalue weighted by molar-refractivity contribution is 5.66. The fraction of sp³-hybridized carbons (Fsp3) is 0.368. The van der Waals surface area contributed by atoms with E-state index in [1.807, 2.05) is 0 Å². The molecule has 2 heteroatoms. The lowest BCUT2D eigenvalue weighted by molar-refractivity contribution is 0.570. The van der Waals surface area contributed by atoms with Gasteiger partial charge in [0.05, 0.1) is 0 Å². The highest BCUT2D eigenvalue weighted by atomic mass is 15.1. The zero-order valence-corrected chi connectivity index (χ0v) is 13.3. The molecule has 0 bridgehead atoms. The summed E-state index contributed by atoms with van der Waals surface area (Å²) in [6.07, 6.45) is 1.16. The van der Waals surface area contributed by atoms with Gasteiger partial charge in [0.15, 0.2) is 0 Å². The highest BCUT2D eigenvalue weighted by Crippen LogP contribution is 2.31. The lowest BCUT2D eigenvalue weighted by Gasteiger charge is -2.28. The van der Waals surface area contributed by atoms with Crippen LogP contribution in [-0.2, 0) is 0 Å². The monoisotopic (exact) mass is 282 g/mol. The number of para-hydroxylation sites is 2. The second-order valence-electron chi connectivity index (χ2n) is 5.31. The second-order valence-corrected chi connectivity index (χ2v) is 5.31. The molecule has 2 aromatic carbocycles. The normalized spacial score (nSPS) is 12.1. The molecule has 0 aromatic heterocycles. The molecule has 0 aliphatic carbocycles. The molecule has 0 aliphatic heterocycles. The maximum Gasteiger partial charge on any atom is 0.0459 e. The van der Waals surface area contributed by atoms with Crippen molar-refractivity contribution in [2.75, 3.05) is 18.0 Å². The van der Waals surface area contributed by atoms with Crippen molar-refractivity contribution in [2.24, 2.45) is 0 Å². The van der Waals surface area contributed by atoms with Crippen molar-refractivity contribution in [2.45, 2.75) is 33.2 Å². The Kier molecular flexibility index (Phi) is 5.82. The van der Waals surface area contributed by atoms with Crippen LogP contribution in [0.2, 0.25) is 0 Å². The van der Waals surface area contributed by atoms with Crippen molar-refractivity contribution in [3.63, 3.8) is 0 Å². The van der Waals surface area contributed by atoms with Crippen molar-refractivity contribution in [3.8, 4) is 0 Å². The number of hydrogen-bond donors (Lipinski definition) is 1. The molecule has 112 valence electrons. The van der Waals surface area contributed by atoms with Gasteiger partial charge in [-0.25, -0.2) is 0 Å². The minimum Gasteiger partial charge on any atom is -0.341 e. The van der Waals surface area contributed by atoms with Crippen molar-refractivity contribution < 1.29 is 0 Å². The van der Waals surface area contributed by atoms with E-state index in [0.717, 1.165) is 19.5 Å². The average molecular weight is 282 g/mol. The standard InChI is InChI=1S/C19H26N2/c1-4-15-20-16(3)18-13-9-10-14-19(18)21(5-2)17-11-7-6-8-12-17/h6-14,16,20H,4-5,15H2,1-3H3. The van der Waals surface area contributed by atoms with E-state index >= 15 is 0 Å². The number of anilines is 2. The topological polar surface area (TPSA) is 15.3 Å². The van der Waals surface area contributed by atoms with Crippen LogP contribution in [0.25, 0.3) is 0 Å². The Morgan fingerprint density at radius 1 is 0.952 bits per heavy atom. The zero-order chi connectivity index (χ0) is 15.1. The third-order valence-corrected chi connectivity index (χ3v) is 3.78. The number of nitrogens with one attached hydrogen (secondary N) is 1. The third kappa shape index (κ3) is 3.85. The zero-order valence-electron chi connectivity index (χ0n) is 13.3. The first kappa shape index (κ1) is 15.6. The van der Waals surface area contributed by atoms with Crippen LogP contribution in [0.15, 0.2) is 54.6 Å². The van der Waals surface area contributed by atoms with E-state index in [9.17, 15) is 0 Å². The molecule has 21 heavy (non-hydrogen) atoms. The fourth-order valence-corrected chi connectivity index (χ4v) is 2.67. The van der Waals surface area contributed by atoms with Crippen LogP contribution >= 0.6 is 0 Å². The molecule has 0 aliphatic rings. The number of benzene rings is 2. The predicted octanol–water partition coefficient (Wildman–Crippen LogP) is 4.91. The predicted molar refractivity (Wildman–Crippen MR) is 92.3 cm³/mol. The lowest BCUT2D eigenvalue weighted by Crippen LogP contribution is -2.23. The molecular formula is C19H26N2. The molecule has 1 N–H and O–H groups in total. The molecular weight excluding hydrogens is 256 g/mol. The summed E-state index contributed by atoms with van der Waals surface area (Å²) in [6, 6.07) is 19.7. The van der Waals surface area contributed by atoms with Gasteiger partial charge in [-0.3, -0.25) is 0 Å². The fourth-order valence-electron chi connectivity index (χ4n) is 2.67. The van der Waals surface area contributed by atoms with Crippen molar-refractivity contribution in [1.82, 2.24) is 5.32 Å². The molecule has 2 rings (SSSR count). The number of hydrogen-bond acceptors (Lipinski definition) is 2. The van der Waals surface area contributed by atoms with E-state index in [4.69, 9.17) is 0 Å². The second kappa shape index (κ2) is 7.84. The molecule has 0 spiro atoms. The lowest BCUT2D eigenvalue weighted by atomic mass is 10.0. The van der Waals surface area contributed by atoms with Gasteiger partial charge in [0.25, 0.3) is 0 Å². The molecule has 1 unspecified atom stereocenters. The Morgan fingerprint density at radius 2 is 1.62 bits per heavy atom. The Bertz CT molecular complexity index is 536. The third-order valence-electron chi connectivity index (χ3n) is 3.78. The molecule has 2 aromatic rings. The molecule has 2 nitrogen and oxygen atoms in total. The summed E-state index contributed by atoms with van der Waals surface area (Å²) >= 11 is 0. The number of rotatable bonds is 7. The van der Waals surface area contributed by atoms with Crippen LogP contribution < -0.4 is 10.2 Å². The molecule has 0 radical (unpaired) electrons. The van der Waals surface area contributed by atoms with E-state index in [1.165, 1.54) is 16.9 Å². The SMILES string of the molecule is CCCNC(C)c1ccccc1N(CC)c1ccccc1. The maximum absolute atomic E-state index is 3.59. The van der Waals surface area contributed by atoms with Gasteiger partial charge in [-0.1, -0.05) is 43.3 Å². The van der Waals surface area contributed by atoms with Crippen LogP contribution in [0.4, 0.5) is 11.4 Å². The van der Waals surface area contributed by atoms with Gasteiger partial charge in [0, 0.05) is 24.0 Å². The smallest absolute Gasteiger partial charge is 0.0459 e. The molecule has 0 saturated carbocycles. The Labute approximate surface area is 128 Å². The van der Waals surface area contributed by atoms with E-state index in [0.29, 0.717) is 6.04 Å². The molecule has 0 amide bonds. The van der Waals surface area contributed by atoms with Crippen LogP contribution in [0.3, 0.4) is 0 Å². The van der Waals surface area contributed by atoms with Gasteiger partial charge in [-0.15, -0.1) is 0 Å². The molecule has 0 heterocycles. The van der Waals surface area contributed by atoms with E-state index in [2.05, 4.69) is 85.6 Å². The molecule has 1 atom stereocenters. The van der Waals surface area contributed by atoms with Crippen molar-refractivity contribution in [3.05, 3.63) is 60.2 Å². The van der Waals surface area contributed by atoms with Crippen LogP contribution in [0.1, 0.15) is 38.8 Å². The van der Waals surface area contributed by atoms with Gasteiger partial charge >= 0.3 is 0 Å². The first-order valence-electron chi connectivity index (χ1n) is 7.92.